The van der Waals surface area contributed by atoms with Gasteiger partial charge in [0.15, 0.2) is 0 Å². The van der Waals surface area contributed by atoms with Crippen molar-refractivity contribution in [1.29, 1.82) is 0 Å². The fourth-order valence-electron chi connectivity index (χ4n) is 2.76. The van der Waals surface area contributed by atoms with Crippen LogP contribution in [0.3, 0.4) is 0 Å². The maximum atomic E-state index is 11.4. The van der Waals surface area contributed by atoms with Gasteiger partial charge in [0.05, 0.1) is 24.8 Å². The van der Waals surface area contributed by atoms with Crippen LogP contribution in [0.5, 0.6) is 0 Å². The lowest BCUT2D eigenvalue weighted by Crippen LogP contribution is -2.05. The van der Waals surface area contributed by atoms with Crippen LogP contribution in [0.15, 0.2) is 12.1 Å². The summed E-state index contributed by atoms with van der Waals surface area (Å²) in [6, 6.07) is 3.27. The van der Waals surface area contributed by atoms with Gasteiger partial charge in [0, 0.05) is 12.1 Å². The Hall–Kier alpha value is -2.06. The predicted molar refractivity (Wildman–Crippen MR) is 94.7 cm³/mol. The third-order valence-electron chi connectivity index (χ3n) is 3.99. The van der Waals surface area contributed by atoms with Gasteiger partial charge in [-0.2, -0.15) is 0 Å². The number of carbonyl (C=O) groups is 1. The minimum atomic E-state index is -1.20. The van der Waals surface area contributed by atoms with Crippen LogP contribution in [0.4, 0.5) is 5.82 Å². The summed E-state index contributed by atoms with van der Waals surface area (Å²) < 4.78 is 0. The second-order valence-electron chi connectivity index (χ2n) is 5.50. The average molecular weight is 369 g/mol. The van der Waals surface area contributed by atoms with Crippen molar-refractivity contribution in [2.24, 2.45) is 0 Å². The highest BCUT2D eigenvalue weighted by molar-refractivity contribution is 6.37. The van der Waals surface area contributed by atoms with Gasteiger partial charge in [-0.3, -0.25) is 0 Å². The van der Waals surface area contributed by atoms with Crippen molar-refractivity contribution in [3.63, 3.8) is 0 Å². The van der Waals surface area contributed by atoms with Crippen LogP contribution in [-0.2, 0) is 19.8 Å². The molecule has 0 aliphatic heterocycles. The van der Waals surface area contributed by atoms with Crippen LogP contribution in [-0.4, -0.2) is 37.9 Å². The number of aromatic carboxylic acids is 1. The van der Waals surface area contributed by atoms with Crippen molar-refractivity contribution >= 4 is 23.4 Å². The maximum Gasteiger partial charge on any atom is 0.353 e. The number of carboxylic acids is 1. The molecule has 0 saturated heterocycles. The van der Waals surface area contributed by atoms with Crippen molar-refractivity contribution in [3.8, 4) is 11.1 Å². The molecule has 136 valence electrons. The quantitative estimate of drug-likeness (QED) is 0.424. The molecule has 0 saturated carbocycles. The monoisotopic (exact) mass is 368 g/mol. The number of aliphatic hydroxyl groups excluding tert-OH is 3. The van der Waals surface area contributed by atoms with E-state index >= 15 is 0 Å². The first kappa shape index (κ1) is 19.3. The molecule has 1 aromatic carbocycles. The summed E-state index contributed by atoms with van der Waals surface area (Å²) in [6.45, 7) is 1.51. The van der Waals surface area contributed by atoms with Crippen LogP contribution < -0.4 is 5.32 Å². The molecule has 0 fully saturated rings. The van der Waals surface area contributed by atoms with Gasteiger partial charge in [-0.1, -0.05) is 30.7 Å². The van der Waals surface area contributed by atoms with Crippen LogP contribution in [0, 0.1) is 0 Å². The van der Waals surface area contributed by atoms with Crippen LogP contribution in [0.1, 0.15) is 40.5 Å². The number of carboxylic acid groups (broad SMARTS) is 1. The average Bonchev–Trinajstić information content (AvgIpc) is 2.94. The summed E-state index contributed by atoms with van der Waals surface area (Å²) in [5.41, 5.74) is 2.04. The summed E-state index contributed by atoms with van der Waals surface area (Å²) in [5.74, 6) is -0.768. The van der Waals surface area contributed by atoms with Gasteiger partial charge in [0.1, 0.15) is 11.5 Å². The smallest absolute Gasteiger partial charge is 0.353 e. The molecule has 0 atom stereocenters. The van der Waals surface area contributed by atoms with E-state index in [1.807, 2.05) is 6.92 Å². The third kappa shape index (κ3) is 3.64. The molecular formula is C17H21ClN2O5. The first-order chi connectivity index (χ1) is 12.0. The maximum absolute atomic E-state index is 11.4. The highest BCUT2D eigenvalue weighted by Gasteiger charge is 2.24. The summed E-state index contributed by atoms with van der Waals surface area (Å²) in [6.07, 6.45) is 0.816. The number of rotatable bonds is 8. The summed E-state index contributed by atoms with van der Waals surface area (Å²) in [5, 5.41) is 41.3. The third-order valence-corrected chi connectivity index (χ3v) is 4.37. The van der Waals surface area contributed by atoms with Crippen molar-refractivity contribution in [1.82, 2.24) is 4.98 Å². The van der Waals surface area contributed by atoms with Crippen LogP contribution in [0.25, 0.3) is 11.1 Å². The molecular weight excluding hydrogens is 348 g/mol. The van der Waals surface area contributed by atoms with E-state index in [9.17, 15) is 25.2 Å². The Kier molecular flexibility index (Phi) is 6.44. The number of aromatic amines is 1. The minimum absolute atomic E-state index is 0.0152. The molecule has 25 heavy (non-hydrogen) atoms. The Morgan fingerprint density at radius 2 is 1.84 bits per heavy atom. The Morgan fingerprint density at radius 1 is 1.16 bits per heavy atom. The molecule has 8 heteroatoms. The minimum Gasteiger partial charge on any atom is -0.477 e. The van der Waals surface area contributed by atoms with Gasteiger partial charge in [0.25, 0.3) is 0 Å². The number of hydrogen-bond donors (Lipinski definition) is 6. The first-order valence-electron chi connectivity index (χ1n) is 7.85. The molecule has 0 amide bonds. The molecule has 0 unspecified atom stereocenters. The van der Waals surface area contributed by atoms with E-state index < -0.39 is 12.6 Å². The van der Waals surface area contributed by atoms with Gasteiger partial charge in [-0.15, -0.1) is 0 Å². The van der Waals surface area contributed by atoms with Crippen molar-refractivity contribution in [3.05, 3.63) is 39.5 Å². The van der Waals surface area contributed by atoms with E-state index in [0.29, 0.717) is 40.2 Å². The molecule has 0 bridgehead atoms. The van der Waals surface area contributed by atoms with E-state index in [1.165, 1.54) is 0 Å². The number of aliphatic hydroxyl groups is 3. The normalized spacial score (nSPS) is 10.9. The van der Waals surface area contributed by atoms with Gasteiger partial charge in [-0.25, -0.2) is 4.79 Å². The molecule has 1 heterocycles. The van der Waals surface area contributed by atoms with E-state index in [2.05, 4.69) is 10.3 Å². The second kappa shape index (κ2) is 8.35. The lowest BCUT2D eigenvalue weighted by Gasteiger charge is -2.16. The number of anilines is 1. The van der Waals surface area contributed by atoms with Gasteiger partial charge < -0.3 is 30.7 Å². The van der Waals surface area contributed by atoms with Gasteiger partial charge >= 0.3 is 5.97 Å². The molecule has 0 aliphatic carbocycles. The molecule has 2 rings (SSSR count). The number of benzene rings is 1. The molecule has 0 radical (unpaired) electrons. The summed E-state index contributed by atoms with van der Waals surface area (Å²) >= 11 is 6.29. The molecule has 7 nitrogen and oxygen atoms in total. The number of halogens is 1. The summed E-state index contributed by atoms with van der Waals surface area (Å²) in [7, 11) is 0. The fraction of sp³-hybridized carbons (Fsp3) is 0.353. The number of hydrogen-bond acceptors (Lipinski definition) is 5. The topological polar surface area (TPSA) is 126 Å². The van der Waals surface area contributed by atoms with E-state index in [4.69, 9.17) is 11.6 Å². The zero-order valence-electron chi connectivity index (χ0n) is 13.8. The van der Waals surface area contributed by atoms with Crippen molar-refractivity contribution in [2.75, 3.05) is 11.9 Å². The zero-order valence-corrected chi connectivity index (χ0v) is 14.5. The Balaban J connectivity index is 2.74. The van der Waals surface area contributed by atoms with Crippen molar-refractivity contribution < 1.29 is 25.2 Å². The predicted octanol–water partition coefficient (Wildman–Crippen LogP) is 2.33. The van der Waals surface area contributed by atoms with Crippen LogP contribution in [0.2, 0.25) is 5.02 Å². The van der Waals surface area contributed by atoms with E-state index in [1.54, 1.807) is 12.1 Å². The van der Waals surface area contributed by atoms with Crippen molar-refractivity contribution in [2.45, 2.75) is 33.2 Å². The lowest BCUT2D eigenvalue weighted by molar-refractivity contribution is 0.0691. The molecule has 2 aromatic rings. The standard InChI is InChI=1S/C17H21ClN2O5/c1-2-5-19-16-13(14(18)15(20-16)17(24)25)10-4-3-9(6-21)11(7-22)12(10)8-23/h3-4,19-23H,2,5-8H2,1H3,(H,24,25). The summed E-state index contributed by atoms with van der Waals surface area (Å²) in [4.78, 5) is 14.2. The highest BCUT2D eigenvalue weighted by atomic mass is 35.5. The fourth-order valence-corrected chi connectivity index (χ4v) is 3.09. The first-order valence-corrected chi connectivity index (χ1v) is 8.23. The van der Waals surface area contributed by atoms with Gasteiger partial charge in [-0.05, 0) is 28.7 Å². The largest absolute Gasteiger partial charge is 0.477 e. The van der Waals surface area contributed by atoms with E-state index in [-0.39, 0.29) is 23.9 Å². The second-order valence-corrected chi connectivity index (χ2v) is 5.88. The van der Waals surface area contributed by atoms with Gasteiger partial charge in [0.2, 0.25) is 0 Å². The Morgan fingerprint density at radius 3 is 2.36 bits per heavy atom. The Labute approximate surface area is 149 Å². The number of aromatic nitrogens is 1. The molecule has 0 aliphatic rings. The molecule has 0 spiro atoms. The molecule has 1 aromatic heterocycles. The molecule has 6 N–H and O–H groups in total. The number of nitrogens with one attached hydrogen (secondary N) is 2. The van der Waals surface area contributed by atoms with Crippen LogP contribution >= 0.6 is 11.6 Å². The Bertz CT molecular complexity index is 773. The van der Waals surface area contributed by atoms with E-state index in [0.717, 1.165) is 6.42 Å². The zero-order chi connectivity index (χ0) is 18.6. The lowest BCUT2D eigenvalue weighted by atomic mass is 9.93. The number of H-pyrrole nitrogens is 1. The SMILES string of the molecule is CCCNc1[nH]c(C(=O)O)c(Cl)c1-c1ccc(CO)c(CO)c1CO. The highest BCUT2D eigenvalue weighted by Crippen LogP contribution is 2.41.